The smallest absolute Gasteiger partial charge is 0.225 e. The molecule has 0 heterocycles. The molecule has 70 valence electrons. The molecule has 0 radical (unpaired) electrons. The SMILES string of the molecule is CC(C)(C)C(=O)NC/C=C/CCl. The van der Waals surface area contributed by atoms with Gasteiger partial charge in [0.05, 0.1) is 0 Å². The van der Waals surface area contributed by atoms with Crippen LogP contribution in [-0.4, -0.2) is 18.3 Å². The van der Waals surface area contributed by atoms with Crippen LogP contribution in [0.3, 0.4) is 0 Å². The van der Waals surface area contributed by atoms with E-state index in [2.05, 4.69) is 5.32 Å². The summed E-state index contributed by atoms with van der Waals surface area (Å²) in [7, 11) is 0. The van der Waals surface area contributed by atoms with Crippen LogP contribution in [0.5, 0.6) is 0 Å². The minimum absolute atomic E-state index is 0.0572. The molecule has 0 bridgehead atoms. The van der Waals surface area contributed by atoms with Crippen LogP contribution in [0.25, 0.3) is 0 Å². The zero-order valence-electron chi connectivity index (χ0n) is 7.86. The van der Waals surface area contributed by atoms with E-state index < -0.39 is 0 Å². The molecule has 12 heavy (non-hydrogen) atoms. The third kappa shape index (κ3) is 5.19. The Balaban J connectivity index is 3.66. The van der Waals surface area contributed by atoms with Crippen molar-refractivity contribution in [2.24, 2.45) is 5.41 Å². The first-order valence-electron chi connectivity index (χ1n) is 3.97. The van der Waals surface area contributed by atoms with E-state index in [4.69, 9.17) is 11.6 Å². The molecule has 0 atom stereocenters. The minimum atomic E-state index is -0.311. The monoisotopic (exact) mass is 189 g/mol. The number of hydrogen-bond donors (Lipinski definition) is 1. The van der Waals surface area contributed by atoms with Crippen LogP contribution in [0, 0.1) is 5.41 Å². The normalized spacial score (nSPS) is 12.0. The highest BCUT2D eigenvalue weighted by molar-refractivity contribution is 6.18. The van der Waals surface area contributed by atoms with Gasteiger partial charge in [-0.25, -0.2) is 0 Å². The molecule has 0 aromatic heterocycles. The van der Waals surface area contributed by atoms with Gasteiger partial charge in [-0.1, -0.05) is 32.9 Å². The van der Waals surface area contributed by atoms with Crippen LogP contribution < -0.4 is 5.32 Å². The topological polar surface area (TPSA) is 29.1 Å². The lowest BCUT2D eigenvalue weighted by molar-refractivity contribution is -0.128. The molecule has 0 rings (SSSR count). The summed E-state index contributed by atoms with van der Waals surface area (Å²) in [6.45, 7) is 6.21. The third-order valence-electron chi connectivity index (χ3n) is 1.32. The molecular weight excluding hydrogens is 174 g/mol. The van der Waals surface area contributed by atoms with Gasteiger partial charge in [-0.2, -0.15) is 0 Å². The van der Waals surface area contributed by atoms with E-state index in [9.17, 15) is 4.79 Å². The molecular formula is C9H16ClNO. The molecule has 0 fully saturated rings. The molecule has 1 amide bonds. The zero-order chi connectivity index (χ0) is 9.61. The number of alkyl halides is 1. The van der Waals surface area contributed by atoms with Crippen LogP contribution in [0.2, 0.25) is 0 Å². The molecule has 0 aliphatic rings. The second-order valence-corrected chi connectivity index (χ2v) is 3.89. The lowest BCUT2D eigenvalue weighted by Gasteiger charge is -2.16. The molecule has 0 aliphatic heterocycles. The van der Waals surface area contributed by atoms with Gasteiger partial charge in [-0.3, -0.25) is 4.79 Å². The maximum absolute atomic E-state index is 11.2. The van der Waals surface area contributed by atoms with Crippen molar-refractivity contribution >= 4 is 17.5 Å². The molecule has 1 N–H and O–H groups in total. The predicted octanol–water partition coefficient (Wildman–Crippen LogP) is 1.94. The van der Waals surface area contributed by atoms with Crippen LogP contribution in [0.4, 0.5) is 0 Å². The summed E-state index contributed by atoms with van der Waals surface area (Å²) in [5.41, 5.74) is -0.311. The highest BCUT2D eigenvalue weighted by atomic mass is 35.5. The maximum atomic E-state index is 11.2. The average Bonchev–Trinajstić information content (AvgIpc) is 1.96. The lowest BCUT2D eigenvalue weighted by atomic mass is 9.96. The predicted molar refractivity (Wildman–Crippen MR) is 52.3 cm³/mol. The van der Waals surface area contributed by atoms with E-state index in [1.165, 1.54) is 0 Å². The van der Waals surface area contributed by atoms with Crippen molar-refractivity contribution in [3.8, 4) is 0 Å². The molecule has 3 heteroatoms. The Bertz CT molecular complexity index is 170. The first-order chi connectivity index (χ1) is 5.48. The highest BCUT2D eigenvalue weighted by Gasteiger charge is 2.19. The lowest BCUT2D eigenvalue weighted by Crippen LogP contribution is -2.34. The number of amides is 1. The fourth-order valence-electron chi connectivity index (χ4n) is 0.563. The number of rotatable bonds is 3. The standard InChI is InChI=1S/C9H16ClNO/c1-9(2,3)8(12)11-7-5-4-6-10/h4-5H,6-7H2,1-3H3,(H,11,12)/b5-4+. The van der Waals surface area contributed by atoms with Crippen molar-refractivity contribution in [2.75, 3.05) is 12.4 Å². The van der Waals surface area contributed by atoms with Crippen molar-refractivity contribution in [1.82, 2.24) is 5.32 Å². The Hall–Kier alpha value is -0.500. The number of carbonyl (C=O) groups excluding carboxylic acids is 1. The summed E-state index contributed by atoms with van der Waals surface area (Å²) >= 11 is 5.41. The summed E-state index contributed by atoms with van der Waals surface area (Å²) in [4.78, 5) is 11.2. The van der Waals surface area contributed by atoms with Gasteiger partial charge in [-0.05, 0) is 0 Å². The quantitative estimate of drug-likeness (QED) is 0.534. The molecule has 0 aliphatic carbocycles. The summed E-state index contributed by atoms with van der Waals surface area (Å²) < 4.78 is 0. The van der Waals surface area contributed by atoms with Gasteiger partial charge in [0.2, 0.25) is 5.91 Å². The molecule has 2 nitrogen and oxygen atoms in total. The van der Waals surface area contributed by atoms with E-state index in [0.717, 1.165) is 0 Å². The molecule has 0 unspecified atom stereocenters. The Morgan fingerprint density at radius 1 is 1.42 bits per heavy atom. The van der Waals surface area contributed by atoms with Gasteiger partial charge in [-0.15, -0.1) is 11.6 Å². The second-order valence-electron chi connectivity index (χ2n) is 3.59. The Labute approximate surface area is 79.0 Å². The Morgan fingerprint density at radius 2 is 2.00 bits per heavy atom. The fraction of sp³-hybridized carbons (Fsp3) is 0.667. The van der Waals surface area contributed by atoms with Gasteiger partial charge < -0.3 is 5.32 Å². The van der Waals surface area contributed by atoms with Crippen LogP contribution in [0.1, 0.15) is 20.8 Å². The summed E-state index contributed by atoms with van der Waals surface area (Å²) in [6.07, 6.45) is 3.65. The largest absolute Gasteiger partial charge is 0.352 e. The average molecular weight is 190 g/mol. The van der Waals surface area contributed by atoms with E-state index in [1.54, 1.807) is 0 Å². The third-order valence-corrected chi connectivity index (χ3v) is 1.50. The first kappa shape index (κ1) is 11.5. The molecule has 0 saturated heterocycles. The number of nitrogens with one attached hydrogen (secondary N) is 1. The van der Waals surface area contributed by atoms with Gasteiger partial charge >= 0.3 is 0 Å². The number of halogens is 1. The molecule has 0 saturated carbocycles. The van der Waals surface area contributed by atoms with Crippen LogP contribution in [0.15, 0.2) is 12.2 Å². The van der Waals surface area contributed by atoms with Gasteiger partial charge in [0, 0.05) is 17.8 Å². The zero-order valence-corrected chi connectivity index (χ0v) is 8.61. The Morgan fingerprint density at radius 3 is 2.42 bits per heavy atom. The van der Waals surface area contributed by atoms with E-state index in [-0.39, 0.29) is 11.3 Å². The van der Waals surface area contributed by atoms with E-state index >= 15 is 0 Å². The van der Waals surface area contributed by atoms with E-state index in [1.807, 2.05) is 32.9 Å². The first-order valence-corrected chi connectivity index (χ1v) is 4.51. The summed E-state index contributed by atoms with van der Waals surface area (Å²) in [6, 6.07) is 0. The maximum Gasteiger partial charge on any atom is 0.225 e. The second kappa shape index (κ2) is 5.20. The number of allylic oxidation sites excluding steroid dienone is 1. The van der Waals surface area contributed by atoms with Crippen molar-refractivity contribution in [2.45, 2.75) is 20.8 Å². The van der Waals surface area contributed by atoms with Crippen LogP contribution in [-0.2, 0) is 4.79 Å². The number of carbonyl (C=O) groups is 1. The van der Waals surface area contributed by atoms with Crippen LogP contribution >= 0.6 is 11.6 Å². The molecule has 0 aromatic rings. The fourth-order valence-corrected chi connectivity index (χ4v) is 0.689. The van der Waals surface area contributed by atoms with Crippen molar-refractivity contribution in [1.29, 1.82) is 0 Å². The van der Waals surface area contributed by atoms with Gasteiger partial charge in [0.1, 0.15) is 0 Å². The van der Waals surface area contributed by atoms with Crippen molar-refractivity contribution in [3.05, 3.63) is 12.2 Å². The van der Waals surface area contributed by atoms with Crippen molar-refractivity contribution < 1.29 is 4.79 Å². The van der Waals surface area contributed by atoms with Crippen molar-refractivity contribution in [3.63, 3.8) is 0 Å². The van der Waals surface area contributed by atoms with Gasteiger partial charge in [0.15, 0.2) is 0 Å². The summed E-state index contributed by atoms with van der Waals surface area (Å²) in [5, 5.41) is 2.77. The van der Waals surface area contributed by atoms with Gasteiger partial charge in [0.25, 0.3) is 0 Å². The highest BCUT2D eigenvalue weighted by Crippen LogP contribution is 2.11. The summed E-state index contributed by atoms with van der Waals surface area (Å²) in [5.74, 6) is 0.549. The minimum Gasteiger partial charge on any atom is -0.352 e. The Kier molecular flexibility index (Phi) is 4.98. The number of hydrogen-bond acceptors (Lipinski definition) is 1. The molecule has 0 aromatic carbocycles. The van der Waals surface area contributed by atoms with E-state index in [0.29, 0.717) is 12.4 Å². The molecule has 0 spiro atoms.